The van der Waals surface area contributed by atoms with E-state index >= 15 is 0 Å². The maximum Gasteiger partial charge on any atom is 0.191 e. The van der Waals surface area contributed by atoms with Crippen LogP contribution in [-0.4, -0.2) is 56.2 Å². The van der Waals surface area contributed by atoms with Gasteiger partial charge in [-0.05, 0) is 57.4 Å². The largest absolute Gasteiger partial charge is 0.364 e. The molecule has 28 heavy (non-hydrogen) atoms. The van der Waals surface area contributed by atoms with Crippen LogP contribution < -0.4 is 15.5 Å². The first-order chi connectivity index (χ1) is 13.8. The monoisotopic (exact) mass is 383 g/mol. The Kier molecular flexibility index (Phi) is 8.22. The summed E-state index contributed by atoms with van der Waals surface area (Å²) in [6.45, 7) is 11.5. The normalized spacial score (nSPS) is 20.6. The Bertz CT molecular complexity index is 646. The predicted octanol–water partition coefficient (Wildman–Crippen LogP) is 3.38. The second-order valence-corrected chi connectivity index (χ2v) is 7.90. The van der Waals surface area contributed by atoms with E-state index in [-0.39, 0.29) is 0 Å². The van der Waals surface area contributed by atoms with Gasteiger partial charge in [0.05, 0.1) is 6.54 Å². The fourth-order valence-electron chi connectivity index (χ4n) is 4.03. The van der Waals surface area contributed by atoms with Crippen molar-refractivity contribution in [1.29, 1.82) is 0 Å². The number of piperidine rings is 1. The van der Waals surface area contributed by atoms with Crippen LogP contribution in [0.1, 0.15) is 45.1 Å². The first kappa shape index (κ1) is 20.7. The molecule has 0 bridgehead atoms. The zero-order valence-corrected chi connectivity index (χ0v) is 17.7. The third kappa shape index (κ3) is 6.26. The van der Waals surface area contributed by atoms with Gasteiger partial charge in [0.25, 0.3) is 0 Å². The molecule has 0 aliphatic carbocycles. The van der Waals surface area contributed by atoms with Crippen molar-refractivity contribution in [2.24, 2.45) is 4.99 Å². The van der Waals surface area contributed by atoms with Gasteiger partial charge in [-0.2, -0.15) is 0 Å². The molecule has 2 aliphatic heterocycles. The molecule has 5 nitrogen and oxygen atoms in total. The van der Waals surface area contributed by atoms with Crippen molar-refractivity contribution >= 4 is 11.6 Å². The summed E-state index contributed by atoms with van der Waals surface area (Å²) in [4.78, 5) is 9.80. The van der Waals surface area contributed by atoms with E-state index < -0.39 is 0 Å². The van der Waals surface area contributed by atoms with Crippen LogP contribution in [0.25, 0.3) is 0 Å². The number of aliphatic imine (C=N–C) groups is 1. The molecule has 2 N–H and O–H groups in total. The van der Waals surface area contributed by atoms with Gasteiger partial charge in [0.15, 0.2) is 5.96 Å². The summed E-state index contributed by atoms with van der Waals surface area (Å²) in [6, 6.07) is 9.49. The number of anilines is 1. The average Bonchev–Trinajstić information content (AvgIpc) is 3.26. The highest BCUT2D eigenvalue weighted by molar-refractivity contribution is 5.79. The lowest BCUT2D eigenvalue weighted by Crippen LogP contribution is -2.41. The number of nitrogens with one attached hydrogen (secondary N) is 2. The van der Waals surface area contributed by atoms with E-state index in [1.54, 1.807) is 0 Å². The van der Waals surface area contributed by atoms with Crippen LogP contribution >= 0.6 is 0 Å². The number of benzene rings is 1. The molecule has 154 valence electrons. The molecule has 0 spiro atoms. The summed E-state index contributed by atoms with van der Waals surface area (Å²) >= 11 is 0. The van der Waals surface area contributed by atoms with E-state index in [2.05, 4.69) is 70.7 Å². The maximum absolute atomic E-state index is 4.80. The van der Waals surface area contributed by atoms with Gasteiger partial charge >= 0.3 is 0 Å². The lowest BCUT2D eigenvalue weighted by Gasteiger charge is -2.33. The highest BCUT2D eigenvalue weighted by Crippen LogP contribution is 2.19. The quantitative estimate of drug-likeness (QED) is 0.313. The minimum Gasteiger partial charge on any atom is -0.364 e. The number of nitrogens with zero attached hydrogens (tertiary/aromatic N) is 3. The van der Waals surface area contributed by atoms with E-state index in [4.69, 9.17) is 4.99 Å². The Morgan fingerprint density at radius 2 is 2.04 bits per heavy atom. The molecule has 1 fully saturated rings. The first-order valence-electron chi connectivity index (χ1n) is 11.0. The second-order valence-electron chi connectivity index (χ2n) is 7.90. The van der Waals surface area contributed by atoms with Gasteiger partial charge in [-0.1, -0.05) is 30.7 Å². The lowest BCUT2D eigenvalue weighted by molar-refractivity contribution is 0.159. The Hall–Kier alpha value is -2.01. The molecule has 5 heteroatoms. The smallest absolute Gasteiger partial charge is 0.191 e. The summed E-state index contributed by atoms with van der Waals surface area (Å²) in [5, 5.41) is 6.88. The molecule has 0 radical (unpaired) electrons. The van der Waals surface area contributed by atoms with Crippen molar-refractivity contribution in [2.75, 3.05) is 44.2 Å². The molecule has 1 aromatic rings. The Morgan fingerprint density at radius 3 is 2.82 bits per heavy atom. The molecular weight excluding hydrogens is 346 g/mol. The van der Waals surface area contributed by atoms with Gasteiger partial charge in [0, 0.05) is 44.5 Å². The molecule has 0 amide bonds. The summed E-state index contributed by atoms with van der Waals surface area (Å²) in [6.07, 6.45) is 9.71. The Morgan fingerprint density at radius 1 is 1.18 bits per heavy atom. The van der Waals surface area contributed by atoms with Gasteiger partial charge in [-0.15, -0.1) is 0 Å². The molecule has 0 saturated carbocycles. The van der Waals surface area contributed by atoms with E-state index in [1.165, 1.54) is 43.6 Å². The van der Waals surface area contributed by atoms with Gasteiger partial charge in [0.2, 0.25) is 0 Å². The average molecular weight is 384 g/mol. The van der Waals surface area contributed by atoms with Gasteiger partial charge in [0.1, 0.15) is 0 Å². The topological polar surface area (TPSA) is 42.9 Å². The third-order valence-electron chi connectivity index (χ3n) is 5.71. The minimum atomic E-state index is 0.702. The second kappa shape index (κ2) is 11.1. The SMILES string of the molecule is CCNC(=NCc1cccc(N2CC=CC2)c1)NCCCN1CCCCC1C. The van der Waals surface area contributed by atoms with Crippen molar-refractivity contribution < 1.29 is 0 Å². The first-order valence-corrected chi connectivity index (χ1v) is 11.0. The van der Waals surface area contributed by atoms with Gasteiger partial charge in [-0.3, -0.25) is 0 Å². The van der Waals surface area contributed by atoms with Crippen molar-refractivity contribution in [3.63, 3.8) is 0 Å². The van der Waals surface area contributed by atoms with E-state index in [1.807, 2.05) is 0 Å². The molecule has 3 rings (SSSR count). The van der Waals surface area contributed by atoms with Crippen LogP contribution in [0.5, 0.6) is 0 Å². The van der Waals surface area contributed by atoms with Crippen LogP contribution in [0.4, 0.5) is 5.69 Å². The molecule has 1 aromatic carbocycles. The molecule has 0 aromatic heterocycles. The molecular formula is C23H37N5. The molecule has 2 aliphatic rings. The van der Waals surface area contributed by atoms with Crippen LogP contribution in [0.15, 0.2) is 41.4 Å². The van der Waals surface area contributed by atoms with Crippen molar-refractivity contribution in [1.82, 2.24) is 15.5 Å². The summed E-state index contributed by atoms with van der Waals surface area (Å²) < 4.78 is 0. The number of hydrogen-bond donors (Lipinski definition) is 2. The van der Waals surface area contributed by atoms with E-state index in [0.29, 0.717) is 6.54 Å². The minimum absolute atomic E-state index is 0.702. The van der Waals surface area contributed by atoms with Crippen LogP contribution in [0.2, 0.25) is 0 Å². The third-order valence-corrected chi connectivity index (χ3v) is 5.71. The summed E-state index contributed by atoms with van der Waals surface area (Å²) in [5.41, 5.74) is 2.54. The van der Waals surface area contributed by atoms with E-state index in [9.17, 15) is 0 Å². The fourth-order valence-corrected chi connectivity index (χ4v) is 4.03. The highest BCUT2D eigenvalue weighted by Gasteiger charge is 2.17. The van der Waals surface area contributed by atoms with Crippen molar-refractivity contribution in [3.05, 3.63) is 42.0 Å². The standard InChI is InChI=1S/C23H37N5/c1-3-24-23(25-13-9-17-27-14-5-4-10-20(27)2)26-19-21-11-8-12-22(18-21)28-15-6-7-16-28/h6-8,11-12,18,20H,3-5,9-10,13-17,19H2,1-2H3,(H2,24,25,26). The Labute approximate surface area is 170 Å². The summed E-state index contributed by atoms with van der Waals surface area (Å²) in [7, 11) is 0. The zero-order chi connectivity index (χ0) is 19.6. The van der Waals surface area contributed by atoms with Gasteiger partial charge in [-0.25, -0.2) is 4.99 Å². The maximum atomic E-state index is 4.80. The highest BCUT2D eigenvalue weighted by atomic mass is 15.2. The molecule has 1 atom stereocenters. The molecule has 2 heterocycles. The van der Waals surface area contributed by atoms with Crippen LogP contribution in [0.3, 0.4) is 0 Å². The molecule has 1 unspecified atom stereocenters. The van der Waals surface area contributed by atoms with E-state index in [0.717, 1.165) is 44.6 Å². The van der Waals surface area contributed by atoms with Crippen LogP contribution in [-0.2, 0) is 6.54 Å². The number of rotatable bonds is 8. The van der Waals surface area contributed by atoms with Crippen molar-refractivity contribution in [2.45, 2.75) is 52.1 Å². The summed E-state index contributed by atoms with van der Waals surface area (Å²) in [5.74, 6) is 0.919. The zero-order valence-electron chi connectivity index (χ0n) is 17.7. The number of likely N-dealkylation sites (tertiary alicyclic amines) is 1. The number of guanidine groups is 1. The fraction of sp³-hybridized carbons (Fsp3) is 0.609. The lowest BCUT2D eigenvalue weighted by atomic mass is 10.0. The molecule has 1 saturated heterocycles. The predicted molar refractivity (Wildman–Crippen MR) is 120 cm³/mol. The Balaban J connectivity index is 1.46. The number of hydrogen-bond acceptors (Lipinski definition) is 3. The van der Waals surface area contributed by atoms with Crippen LogP contribution in [0, 0.1) is 0 Å². The van der Waals surface area contributed by atoms with Crippen molar-refractivity contribution in [3.8, 4) is 0 Å². The van der Waals surface area contributed by atoms with Gasteiger partial charge < -0.3 is 20.4 Å².